The van der Waals surface area contributed by atoms with Crippen molar-refractivity contribution in [3.8, 4) is 11.8 Å². The summed E-state index contributed by atoms with van der Waals surface area (Å²) < 4.78 is 27.1. The molecule has 0 atom stereocenters. The van der Waals surface area contributed by atoms with Crippen molar-refractivity contribution in [2.45, 2.75) is 45.4 Å². The van der Waals surface area contributed by atoms with Crippen LogP contribution in [0, 0.1) is 36.3 Å². The highest BCUT2D eigenvalue weighted by molar-refractivity contribution is 5.45. The van der Waals surface area contributed by atoms with Crippen LogP contribution in [0.4, 0.5) is 8.78 Å². The van der Waals surface area contributed by atoms with Gasteiger partial charge in [-0.3, -0.25) is 0 Å². The number of rotatable bonds is 1. The molecule has 1 fully saturated rings. The van der Waals surface area contributed by atoms with E-state index in [1.54, 1.807) is 0 Å². The number of hydrogen-bond donors (Lipinski definition) is 0. The molecule has 1 aliphatic carbocycles. The molecule has 0 radical (unpaired) electrons. The average molecular weight is 324 g/mol. The lowest BCUT2D eigenvalue weighted by atomic mass is 9.79. The number of benzene rings is 2. The fourth-order valence-electron chi connectivity index (χ4n) is 3.29. The van der Waals surface area contributed by atoms with Crippen LogP contribution in [-0.2, 0) is 0 Å². The van der Waals surface area contributed by atoms with Crippen molar-refractivity contribution in [3.05, 3.63) is 70.3 Å². The highest BCUT2D eigenvalue weighted by Gasteiger charge is 2.19. The standard InChI is InChI=1S/C22H22F2/c1-15-3-9-19(10-4-15)20-11-7-17(8-12-20)5-6-18-13-21(23)16(2)22(24)14-18/h7-8,11-15,19H,3-4,9-10H2,1-2H3. The Labute approximate surface area is 142 Å². The lowest BCUT2D eigenvalue weighted by Gasteiger charge is -2.26. The van der Waals surface area contributed by atoms with Crippen LogP contribution in [0.5, 0.6) is 0 Å². The van der Waals surface area contributed by atoms with E-state index in [9.17, 15) is 8.78 Å². The fourth-order valence-corrected chi connectivity index (χ4v) is 3.29. The summed E-state index contributed by atoms with van der Waals surface area (Å²) in [5, 5.41) is 0. The summed E-state index contributed by atoms with van der Waals surface area (Å²) in [6.45, 7) is 3.75. The first-order valence-electron chi connectivity index (χ1n) is 8.60. The van der Waals surface area contributed by atoms with Gasteiger partial charge in [-0.25, -0.2) is 8.78 Å². The molecule has 0 aliphatic heterocycles. The zero-order chi connectivity index (χ0) is 17.1. The van der Waals surface area contributed by atoms with Crippen LogP contribution in [0.2, 0.25) is 0 Å². The van der Waals surface area contributed by atoms with Crippen molar-refractivity contribution >= 4 is 0 Å². The van der Waals surface area contributed by atoms with E-state index in [1.165, 1.54) is 50.3 Å². The summed E-state index contributed by atoms with van der Waals surface area (Å²) >= 11 is 0. The molecule has 1 saturated carbocycles. The Balaban J connectivity index is 1.73. The fraction of sp³-hybridized carbons (Fsp3) is 0.364. The van der Waals surface area contributed by atoms with E-state index in [0.717, 1.165) is 11.5 Å². The second-order valence-electron chi connectivity index (χ2n) is 6.89. The highest BCUT2D eigenvalue weighted by atomic mass is 19.1. The van der Waals surface area contributed by atoms with E-state index < -0.39 is 11.6 Å². The first-order chi connectivity index (χ1) is 11.5. The lowest BCUT2D eigenvalue weighted by molar-refractivity contribution is 0.348. The summed E-state index contributed by atoms with van der Waals surface area (Å²) in [5.74, 6) is 6.23. The third-order valence-corrected chi connectivity index (χ3v) is 5.03. The van der Waals surface area contributed by atoms with Crippen LogP contribution in [0.3, 0.4) is 0 Å². The van der Waals surface area contributed by atoms with Gasteiger partial charge in [0.05, 0.1) is 0 Å². The van der Waals surface area contributed by atoms with Crippen LogP contribution >= 0.6 is 0 Å². The van der Waals surface area contributed by atoms with Gasteiger partial charge in [0, 0.05) is 16.7 Å². The molecule has 1 aliphatic rings. The molecule has 0 spiro atoms. The van der Waals surface area contributed by atoms with Crippen molar-refractivity contribution < 1.29 is 8.78 Å². The molecule has 0 bridgehead atoms. The average Bonchev–Trinajstić information content (AvgIpc) is 2.59. The summed E-state index contributed by atoms with van der Waals surface area (Å²) in [5.41, 5.74) is 2.64. The molecule has 0 unspecified atom stereocenters. The minimum absolute atomic E-state index is 0.0340. The highest BCUT2D eigenvalue weighted by Crippen LogP contribution is 2.35. The van der Waals surface area contributed by atoms with Crippen molar-refractivity contribution in [2.24, 2.45) is 5.92 Å². The predicted molar refractivity (Wildman–Crippen MR) is 93.9 cm³/mol. The molecule has 3 rings (SSSR count). The normalized spacial score (nSPS) is 20.3. The van der Waals surface area contributed by atoms with E-state index in [2.05, 4.69) is 30.9 Å². The molecule has 0 heterocycles. The second-order valence-corrected chi connectivity index (χ2v) is 6.89. The zero-order valence-electron chi connectivity index (χ0n) is 14.2. The van der Waals surface area contributed by atoms with Crippen LogP contribution < -0.4 is 0 Å². The monoisotopic (exact) mass is 324 g/mol. The molecule has 2 heteroatoms. The van der Waals surface area contributed by atoms with Crippen molar-refractivity contribution in [1.29, 1.82) is 0 Å². The largest absolute Gasteiger partial charge is 0.207 e. The minimum Gasteiger partial charge on any atom is -0.207 e. The smallest absolute Gasteiger partial charge is 0.130 e. The lowest BCUT2D eigenvalue weighted by Crippen LogP contribution is -2.10. The summed E-state index contributed by atoms with van der Waals surface area (Å²) in [7, 11) is 0. The van der Waals surface area contributed by atoms with Crippen LogP contribution in [0.25, 0.3) is 0 Å². The molecule has 24 heavy (non-hydrogen) atoms. The number of halogens is 2. The van der Waals surface area contributed by atoms with E-state index in [4.69, 9.17) is 0 Å². The van der Waals surface area contributed by atoms with Gasteiger partial charge in [-0.15, -0.1) is 0 Å². The Morgan fingerprint density at radius 2 is 1.38 bits per heavy atom. The molecule has 0 nitrogen and oxygen atoms in total. The Kier molecular flexibility index (Phi) is 5.00. The first kappa shape index (κ1) is 16.7. The maximum Gasteiger partial charge on any atom is 0.130 e. The van der Waals surface area contributed by atoms with E-state index >= 15 is 0 Å². The maximum atomic E-state index is 13.5. The molecular weight excluding hydrogens is 302 g/mol. The Morgan fingerprint density at radius 1 is 0.833 bits per heavy atom. The van der Waals surface area contributed by atoms with Gasteiger partial charge in [0.25, 0.3) is 0 Å². The van der Waals surface area contributed by atoms with E-state index in [1.807, 2.05) is 12.1 Å². The topological polar surface area (TPSA) is 0 Å². The molecule has 124 valence electrons. The molecule has 0 N–H and O–H groups in total. The molecule has 0 aromatic heterocycles. The molecule has 2 aromatic rings. The Morgan fingerprint density at radius 3 is 1.96 bits per heavy atom. The molecule has 0 saturated heterocycles. The van der Waals surface area contributed by atoms with E-state index in [0.29, 0.717) is 11.5 Å². The SMILES string of the molecule is Cc1c(F)cc(C#Cc2ccc(C3CCC(C)CC3)cc2)cc1F. The summed E-state index contributed by atoms with van der Waals surface area (Å²) in [6, 6.07) is 10.8. The van der Waals surface area contributed by atoms with Crippen LogP contribution in [0.1, 0.15) is 60.8 Å². The van der Waals surface area contributed by atoms with Gasteiger partial charge in [0.15, 0.2) is 0 Å². The van der Waals surface area contributed by atoms with Crippen LogP contribution in [0.15, 0.2) is 36.4 Å². The molecular formula is C22H22F2. The van der Waals surface area contributed by atoms with Gasteiger partial charge < -0.3 is 0 Å². The predicted octanol–water partition coefficient (Wildman–Crippen LogP) is 5.97. The van der Waals surface area contributed by atoms with Gasteiger partial charge >= 0.3 is 0 Å². The maximum absolute atomic E-state index is 13.5. The van der Waals surface area contributed by atoms with Crippen molar-refractivity contribution in [1.82, 2.24) is 0 Å². The van der Waals surface area contributed by atoms with E-state index in [-0.39, 0.29) is 5.56 Å². The third kappa shape index (κ3) is 3.85. The van der Waals surface area contributed by atoms with Gasteiger partial charge in [0.1, 0.15) is 11.6 Å². The minimum atomic E-state index is -0.554. The Bertz CT molecular complexity index is 747. The summed E-state index contributed by atoms with van der Waals surface area (Å²) in [4.78, 5) is 0. The molecule has 0 amide bonds. The van der Waals surface area contributed by atoms with Gasteiger partial charge in [-0.1, -0.05) is 43.7 Å². The molecule has 2 aromatic carbocycles. The zero-order valence-corrected chi connectivity index (χ0v) is 14.2. The van der Waals surface area contributed by atoms with Crippen LogP contribution in [-0.4, -0.2) is 0 Å². The first-order valence-corrected chi connectivity index (χ1v) is 8.60. The van der Waals surface area contributed by atoms with Gasteiger partial charge in [0.2, 0.25) is 0 Å². The van der Waals surface area contributed by atoms with Gasteiger partial charge in [-0.05, 0) is 61.4 Å². The second kappa shape index (κ2) is 7.18. The summed E-state index contributed by atoms with van der Waals surface area (Å²) in [6.07, 6.45) is 5.12. The van der Waals surface area contributed by atoms with Crippen molar-refractivity contribution in [3.63, 3.8) is 0 Å². The number of hydrogen-bond acceptors (Lipinski definition) is 0. The van der Waals surface area contributed by atoms with Gasteiger partial charge in [-0.2, -0.15) is 0 Å². The third-order valence-electron chi connectivity index (χ3n) is 5.03. The van der Waals surface area contributed by atoms with Crippen molar-refractivity contribution in [2.75, 3.05) is 0 Å². The Hall–Kier alpha value is -2.14. The quantitative estimate of drug-likeness (QED) is 0.567.